The zero-order valence-electron chi connectivity index (χ0n) is 17.0. The SMILES string of the molecule is C(#CCCc1cccnc1)CCCCCCCCCCOC1CCCCO1. The molecule has 3 heteroatoms. The lowest BCUT2D eigenvalue weighted by molar-refractivity contribution is -0.162. The van der Waals surface area contributed by atoms with Gasteiger partial charge in [-0.05, 0) is 50.2 Å². The molecule has 150 valence electrons. The van der Waals surface area contributed by atoms with Crippen LogP contribution in [0.15, 0.2) is 24.5 Å². The highest BCUT2D eigenvalue weighted by Gasteiger charge is 2.13. The smallest absolute Gasteiger partial charge is 0.157 e. The Morgan fingerprint density at radius 1 is 0.963 bits per heavy atom. The summed E-state index contributed by atoms with van der Waals surface area (Å²) in [4.78, 5) is 4.13. The Labute approximate surface area is 166 Å². The van der Waals surface area contributed by atoms with Gasteiger partial charge in [0.25, 0.3) is 0 Å². The molecule has 0 bridgehead atoms. The van der Waals surface area contributed by atoms with Gasteiger partial charge in [0.1, 0.15) is 0 Å². The lowest BCUT2D eigenvalue weighted by Gasteiger charge is -2.22. The number of nitrogens with zero attached hydrogens (tertiary/aromatic N) is 1. The molecule has 1 unspecified atom stereocenters. The molecule has 0 radical (unpaired) electrons. The van der Waals surface area contributed by atoms with E-state index in [1.54, 1.807) is 0 Å². The summed E-state index contributed by atoms with van der Waals surface area (Å²) in [6.07, 6.45) is 20.8. The number of aromatic nitrogens is 1. The second-order valence-electron chi connectivity index (χ2n) is 7.46. The maximum absolute atomic E-state index is 5.77. The molecule has 0 saturated carbocycles. The molecule has 2 rings (SSSR count). The molecular formula is C24H37NO2. The molecule has 0 aliphatic carbocycles. The van der Waals surface area contributed by atoms with Gasteiger partial charge in [0.2, 0.25) is 0 Å². The van der Waals surface area contributed by atoms with Crippen LogP contribution in [-0.4, -0.2) is 24.5 Å². The van der Waals surface area contributed by atoms with Gasteiger partial charge in [-0.15, -0.1) is 11.8 Å². The minimum absolute atomic E-state index is 0.0807. The second kappa shape index (κ2) is 15.7. The summed E-state index contributed by atoms with van der Waals surface area (Å²) in [5.41, 5.74) is 1.28. The third kappa shape index (κ3) is 11.8. The van der Waals surface area contributed by atoms with Gasteiger partial charge in [-0.2, -0.15) is 0 Å². The Morgan fingerprint density at radius 2 is 1.74 bits per heavy atom. The fraction of sp³-hybridized carbons (Fsp3) is 0.708. The van der Waals surface area contributed by atoms with E-state index in [1.165, 1.54) is 69.8 Å². The third-order valence-electron chi connectivity index (χ3n) is 5.02. The van der Waals surface area contributed by atoms with Gasteiger partial charge in [0.15, 0.2) is 6.29 Å². The van der Waals surface area contributed by atoms with Gasteiger partial charge < -0.3 is 9.47 Å². The molecule has 3 nitrogen and oxygen atoms in total. The highest BCUT2D eigenvalue weighted by Crippen LogP contribution is 2.15. The summed E-state index contributed by atoms with van der Waals surface area (Å²) in [5, 5.41) is 0. The van der Waals surface area contributed by atoms with Gasteiger partial charge in [-0.1, -0.05) is 44.6 Å². The standard InChI is InChI=1S/C24H37NO2/c1(3-5-7-9-11-16-23-17-15-19-25-22-23)2-4-6-8-10-13-20-26-24-18-12-14-21-27-24/h15,17,19,22,24H,1-6,8,10-14,16,18,20-21H2. The lowest BCUT2D eigenvalue weighted by Crippen LogP contribution is -2.22. The van der Waals surface area contributed by atoms with Crippen molar-refractivity contribution in [3.8, 4) is 11.8 Å². The Bertz CT molecular complexity index is 514. The predicted octanol–water partition coefficient (Wildman–Crippen LogP) is 6.07. The third-order valence-corrected chi connectivity index (χ3v) is 5.02. The largest absolute Gasteiger partial charge is 0.353 e. The second-order valence-corrected chi connectivity index (χ2v) is 7.46. The number of pyridine rings is 1. The lowest BCUT2D eigenvalue weighted by atomic mass is 10.1. The quantitative estimate of drug-likeness (QED) is 0.311. The summed E-state index contributed by atoms with van der Waals surface area (Å²) in [6, 6.07) is 4.11. The first-order chi connectivity index (χ1) is 13.4. The van der Waals surface area contributed by atoms with Crippen LogP contribution >= 0.6 is 0 Å². The summed E-state index contributed by atoms with van der Waals surface area (Å²) < 4.78 is 11.3. The molecule has 2 heterocycles. The summed E-state index contributed by atoms with van der Waals surface area (Å²) in [7, 11) is 0. The first-order valence-corrected chi connectivity index (χ1v) is 11.0. The van der Waals surface area contributed by atoms with Crippen LogP contribution in [0.1, 0.15) is 89.0 Å². The highest BCUT2D eigenvalue weighted by molar-refractivity contribution is 5.11. The number of ether oxygens (including phenoxy) is 2. The minimum Gasteiger partial charge on any atom is -0.353 e. The van der Waals surface area contributed by atoms with Crippen LogP contribution in [0.5, 0.6) is 0 Å². The van der Waals surface area contributed by atoms with Crippen molar-refractivity contribution in [2.24, 2.45) is 0 Å². The van der Waals surface area contributed by atoms with E-state index in [9.17, 15) is 0 Å². The monoisotopic (exact) mass is 371 g/mol. The Balaban J connectivity index is 1.29. The summed E-state index contributed by atoms with van der Waals surface area (Å²) in [6.45, 7) is 1.74. The van der Waals surface area contributed by atoms with Crippen molar-refractivity contribution in [3.63, 3.8) is 0 Å². The molecule has 1 aliphatic rings. The summed E-state index contributed by atoms with van der Waals surface area (Å²) in [5.74, 6) is 6.60. The first kappa shape index (κ1) is 21.9. The fourth-order valence-electron chi connectivity index (χ4n) is 3.36. The highest BCUT2D eigenvalue weighted by atomic mass is 16.7. The van der Waals surface area contributed by atoms with Crippen molar-refractivity contribution < 1.29 is 9.47 Å². The van der Waals surface area contributed by atoms with Crippen LogP contribution in [0.3, 0.4) is 0 Å². The van der Waals surface area contributed by atoms with E-state index in [0.29, 0.717) is 0 Å². The predicted molar refractivity (Wildman–Crippen MR) is 111 cm³/mol. The molecular weight excluding hydrogens is 334 g/mol. The van der Waals surface area contributed by atoms with Crippen molar-refractivity contribution in [1.29, 1.82) is 0 Å². The minimum atomic E-state index is 0.0807. The average Bonchev–Trinajstić information content (AvgIpc) is 2.72. The van der Waals surface area contributed by atoms with Gasteiger partial charge in [-0.25, -0.2) is 0 Å². The molecule has 0 N–H and O–H groups in total. The van der Waals surface area contributed by atoms with Gasteiger partial charge in [0.05, 0.1) is 0 Å². The zero-order chi connectivity index (χ0) is 18.8. The maximum Gasteiger partial charge on any atom is 0.157 e. The van der Waals surface area contributed by atoms with E-state index >= 15 is 0 Å². The van der Waals surface area contributed by atoms with Gasteiger partial charge in [-0.3, -0.25) is 4.98 Å². The van der Waals surface area contributed by atoms with Gasteiger partial charge >= 0.3 is 0 Å². The van der Waals surface area contributed by atoms with Crippen molar-refractivity contribution in [2.45, 2.75) is 96.2 Å². The van der Waals surface area contributed by atoms with E-state index in [1.807, 2.05) is 18.5 Å². The Hall–Kier alpha value is -1.37. The topological polar surface area (TPSA) is 31.4 Å². The molecule has 1 aliphatic heterocycles. The van der Waals surface area contributed by atoms with Crippen LogP contribution in [-0.2, 0) is 15.9 Å². The molecule has 27 heavy (non-hydrogen) atoms. The number of aryl methyl sites for hydroxylation is 1. The average molecular weight is 372 g/mol. The van der Waals surface area contributed by atoms with E-state index in [0.717, 1.165) is 38.9 Å². The molecule has 1 aromatic rings. The number of hydrogen-bond donors (Lipinski definition) is 0. The molecule has 1 saturated heterocycles. The van der Waals surface area contributed by atoms with Gasteiger partial charge in [0, 0.05) is 38.4 Å². The van der Waals surface area contributed by atoms with Crippen molar-refractivity contribution in [2.75, 3.05) is 13.2 Å². The van der Waals surface area contributed by atoms with Crippen LogP contribution in [0.25, 0.3) is 0 Å². The molecule has 0 aromatic carbocycles. The van der Waals surface area contributed by atoms with Crippen molar-refractivity contribution >= 4 is 0 Å². The van der Waals surface area contributed by atoms with Crippen LogP contribution in [0, 0.1) is 11.8 Å². The van der Waals surface area contributed by atoms with Crippen LogP contribution in [0.2, 0.25) is 0 Å². The van der Waals surface area contributed by atoms with Crippen molar-refractivity contribution in [1.82, 2.24) is 4.98 Å². The normalized spacial score (nSPS) is 16.7. The van der Waals surface area contributed by atoms with Crippen molar-refractivity contribution in [3.05, 3.63) is 30.1 Å². The Morgan fingerprint density at radius 3 is 2.48 bits per heavy atom. The number of hydrogen-bond acceptors (Lipinski definition) is 3. The van der Waals surface area contributed by atoms with Crippen LogP contribution in [0.4, 0.5) is 0 Å². The number of rotatable bonds is 13. The Kier molecular flexibility index (Phi) is 12.7. The number of unbranched alkanes of at least 4 members (excludes halogenated alkanes) is 8. The maximum atomic E-state index is 5.77. The molecule has 1 aromatic heterocycles. The molecule has 0 spiro atoms. The van der Waals surface area contributed by atoms with E-state index in [2.05, 4.69) is 22.9 Å². The van der Waals surface area contributed by atoms with E-state index in [4.69, 9.17) is 9.47 Å². The zero-order valence-corrected chi connectivity index (χ0v) is 17.0. The van der Waals surface area contributed by atoms with E-state index < -0.39 is 0 Å². The van der Waals surface area contributed by atoms with E-state index in [-0.39, 0.29) is 6.29 Å². The molecule has 0 amide bonds. The summed E-state index contributed by atoms with van der Waals surface area (Å²) >= 11 is 0. The fourth-order valence-corrected chi connectivity index (χ4v) is 3.36. The molecule has 1 fully saturated rings. The molecule has 1 atom stereocenters. The first-order valence-electron chi connectivity index (χ1n) is 11.0. The van der Waals surface area contributed by atoms with Crippen LogP contribution < -0.4 is 0 Å².